The summed E-state index contributed by atoms with van der Waals surface area (Å²) in [5.74, 6) is 1.07. The van der Waals surface area contributed by atoms with Crippen molar-refractivity contribution >= 4 is 21.7 Å². The zero-order valence-corrected chi connectivity index (χ0v) is 8.15. The Morgan fingerprint density at radius 2 is 2.31 bits per heavy atom. The summed E-state index contributed by atoms with van der Waals surface area (Å²) in [5, 5.41) is 0. The molecule has 0 saturated carbocycles. The predicted octanol–water partition coefficient (Wildman–Crippen LogP) is 2.08. The number of halogens is 1. The largest absolute Gasteiger partial charge is 0.464 e. The van der Waals surface area contributed by atoms with E-state index in [1.807, 2.05) is 6.07 Å². The first-order valence-electron chi connectivity index (χ1n) is 3.59. The van der Waals surface area contributed by atoms with Crippen LogP contribution in [-0.2, 0) is 0 Å². The lowest BCUT2D eigenvalue weighted by Crippen LogP contribution is -1.95. The van der Waals surface area contributed by atoms with Crippen molar-refractivity contribution in [2.24, 2.45) is 0 Å². The van der Waals surface area contributed by atoms with E-state index in [2.05, 4.69) is 25.9 Å². The summed E-state index contributed by atoms with van der Waals surface area (Å²) in [6, 6.07) is 3.60. The van der Waals surface area contributed by atoms with Crippen molar-refractivity contribution < 1.29 is 4.42 Å². The van der Waals surface area contributed by atoms with Crippen molar-refractivity contribution in [2.45, 2.75) is 0 Å². The van der Waals surface area contributed by atoms with Crippen LogP contribution in [0.1, 0.15) is 0 Å². The molecule has 66 valence electrons. The molecule has 2 aromatic heterocycles. The van der Waals surface area contributed by atoms with E-state index in [4.69, 9.17) is 10.2 Å². The lowest BCUT2D eigenvalue weighted by atomic mass is 10.2. The Balaban J connectivity index is 2.53. The number of hydrogen-bond donors (Lipinski definition) is 1. The van der Waals surface area contributed by atoms with Crippen LogP contribution in [0.25, 0.3) is 11.3 Å². The standard InChI is InChI=1S/C8H6BrN3O/c9-8-11-4-5(7(10)12-8)6-2-1-3-13-6/h1-4H,(H2,10,11,12). The molecule has 0 aliphatic carbocycles. The molecule has 0 saturated heterocycles. The monoisotopic (exact) mass is 239 g/mol. The van der Waals surface area contributed by atoms with Gasteiger partial charge in [-0.25, -0.2) is 9.97 Å². The van der Waals surface area contributed by atoms with Crippen molar-refractivity contribution in [3.63, 3.8) is 0 Å². The number of nitrogens with zero attached hydrogens (tertiary/aromatic N) is 2. The molecule has 2 heterocycles. The van der Waals surface area contributed by atoms with Gasteiger partial charge in [-0.05, 0) is 28.1 Å². The van der Waals surface area contributed by atoms with Crippen LogP contribution in [0.4, 0.5) is 5.82 Å². The maximum absolute atomic E-state index is 5.67. The van der Waals surface area contributed by atoms with Gasteiger partial charge in [0, 0.05) is 6.20 Å². The van der Waals surface area contributed by atoms with Crippen LogP contribution < -0.4 is 5.73 Å². The lowest BCUT2D eigenvalue weighted by Gasteiger charge is -1.99. The molecular weight excluding hydrogens is 234 g/mol. The molecule has 5 heteroatoms. The maximum Gasteiger partial charge on any atom is 0.198 e. The number of nitrogen functional groups attached to an aromatic ring is 1. The van der Waals surface area contributed by atoms with E-state index in [0.29, 0.717) is 21.9 Å². The fourth-order valence-corrected chi connectivity index (χ4v) is 1.29. The second-order valence-electron chi connectivity index (χ2n) is 2.42. The van der Waals surface area contributed by atoms with E-state index < -0.39 is 0 Å². The summed E-state index contributed by atoms with van der Waals surface area (Å²) in [4.78, 5) is 7.91. The highest BCUT2D eigenvalue weighted by atomic mass is 79.9. The van der Waals surface area contributed by atoms with Crippen LogP contribution in [0.2, 0.25) is 0 Å². The van der Waals surface area contributed by atoms with Gasteiger partial charge in [0.2, 0.25) is 0 Å². The Morgan fingerprint density at radius 3 is 2.92 bits per heavy atom. The molecule has 0 amide bonds. The molecule has 0 atom stereocenters. The number of furan rings is 1. The Bertz CT molecular complexity index is 413. The third-order valence-corrected chi connectivity index (χ3v) is 1.96. The van der Waals surface area contributed by atoms with Gasteiger partial charge >= 0.3 is 0 Å². The van der Waals surface area contributed by atoms with E-state index in [1.54, 1.807) is 18.5 Å². The molecular formula is C8H6BrN3O. The number of anilines is 1. The molecule has 0 bridgehead atoms. The normalized spacial score (nSPS) is 10.2. The van der Waals surface area contributed by atoms with Gasteiger partial charge < -0.3 is 10.2 Å². The van der Waals surface area contributed by atoms with Crippen LogP contribution in [0, 0.1) is 0 Å². The van der Waals surface area contributed by atoms with Crippen molar-refractivity contribution in [1.82, 2.24) is 9.97 Å². The second-order valence-corrected chi connectivity index (χ2v) is 3.12. The summed E-state index contributed by atoms with van der Waals surface area (Å²) in [5.41, 5.74) is 6.37. The van der Waals surface area contributed by atoms with Gasteiger partial charge in [-0.1, -0.05) is 0 Å². The number of aromatic nitrogens is 2. The van der Waals surface area contributed by atoms with E-state index in [-0.39, 0.29) is 0 Å². The van der Waals surface area contributed by atoms with Crippen LogP contribution in [0.15, 0.2) is 33.7 Å². The van der Waals surface area contributed by atoms with Crippen molar-refractivity contribution in [1.29, 1.82) is 0 Å². The Labute approximate surface area is 82.9 Å². The second kappa shape index (κ2) is 3.18. The Hall–Kier alpha value is -1.36. The first-order valence-corrected chi connectivity index (χ1v) is 4.38. The average molecular weight is 240 g/mol. The summed E-state index contributed by atoms with van der Waals surface area (Å²) in [7, 11) is 0. The first kappa shape index (κ1) is 8.25. The van der Waals surface area contributed by atoms with Gasteiger partial charge in [0.25, 0.3) is 0 Å². The van der Waals surface area contributed by atoms with E-state index in [1.165, 1.54) is 0 Å². The number of hydrogen-bond acceptors (Lipinski definition) is 4. The van der Waals surface area contributed by atoms with Gasteiger partial charge in [0.15, 0.2) is 4.73 Å². The minimum absolute atomic E-state index is 0.400. The number of rotatable bonds is 1. The van der Waals surface area contributed by atoms with Crippen LogP contribution in [0.5, 0.6) is 0 Å². The molecule has 2 aromatic rings. The third kappa shape index (κ3) is 1.55. The summed E-state index contributed by atoms with van der Waals surface area (Å²) in [6.45, 7) is 0. The molecule has 0 fully saturated rings. The van der Waals surface area contributed by atoms with Crippen LogP contribution in [0.3, 0.4) is 0 Å². The highest BCUT2D eigenvalue weighted by Gasteiger charge is 2.06. The molecule has 2 N–H and O–H groups in total. The molecule has 13 heavy (non-hydrogen) atoms. The molecule has 0 spiro atoms. The fraction of sp³-hybridized carbons (Fsp3) is 0. The zero-order valence-electron chi connectivity index (χ0n) is 6.57. The smallest absolute Gasteiger partial charge is 0.198 e. The van der Waals surface area contributed by atoms with E-state index in [0.717, 1.165) is 0 Å². The van der Waals surface area contributed by atoms with Crippen LogP contribution >= 0.6 is 15.9 Å². The Kier molecular flexibility index (Phi) is 2.02. The van der Waals surface area contributed by atoms with Crippen molar-refractivity contribution in [3.05, 3.63) is 29.3 Å². The molecule has 4 nitrogen and oxygen atoms in total. The first-order chi connectivity index (χ1) is 6.27. The average Bonchev–Trinajstić information content (AvgIpc) is 2.56. The van der Waals surface area contributed by atoms with Gasteiger partial charge in [0.05, 0.1) is 11.8 Å². The predicted molar refractivity (Wildman–Crippen MR) is 51.8 cm³/mol. The SMILES string of the molecule is Nc1nc(Br)ncc1-c1ccco1. The molecule has 0 aliphatic rings. The topological polar surface area (TPSA) is 64.9 Å². The van der Waals surface area contributed by atoms with Gasteiger partial charge in [-0.15, -0.1) is 0 Å². The Morgan fingerprint density at radius 1 is 1.46 bits per heavy atom. The van der Waals surface area contributed by atoms with Gasteiger partial charge in [0.1, 0.15) is 11.6 Å². The van der Waals surface area contributed by atoms with Crippen molar-refractivity contribution in [2.75, 3.05) is 5.73 Å². The van der Waals surface area contributed by atoms with Crippen molar-refractivity contribution in [3.8, 4) is 11.3 Å². The summed E-state index contributed by atoms with van der Waals surface area (Å²) >= 11 is 3.13. The number of nitrogens with two attached hydrogens (primary N) is 1. The van der Waals surface area contributed by atoms with Gasteiger partial charge in [-0.2, -0.15) is 0 Å². The van der Waals surface area contributed by atoms with E-state index in [9.17, 15) is 0 Å². The quantitative estimate of drug-likeness (QED) is 0.775. The van der Waals surface area contributed by atoms with Crippen LogP contribution in [-0.4, -0.2) is 9.97 Å². The molecule has 0 radical (unpaired) electrons. The van der Waals surface area contributed by atoms with Gasteiger partial charge in [-0.3, -0.25) is 0 Å². The minimum atomic E-state index is 0.400. The summed E-state index contributed by atoms with van der Waals surface area (Å²) in [6.07, 6.45) is 3.20. The highest BCUT2D eigenvalue weighted by Crippen LogP contribution is 2.24. The summed E-state index contributed by atoms with van der Waals surface area (Å²) < 4.78 is 5.64. The minimum Gasteiger partial charge on any atom is -0.464 e. The third-order valence-electron chi connectivity index (χ3n) is 1.58. The highest BCUT2D eigenvalue weighted by molar-refractivity contribution is 9.10. The zero-order chi connectivity index (χ0) is 9.26. The lowest BCUT2D eigenvalue weighted by molar-refractivity contribution is 0.582. The van der Waals surface area contributed by atoms with E-state index >= 15 is 0 Å². The molecule has 0 unspecified atom stereocenters. The fourth-order valence-electron chi connectivity index (χ4n) is 0.994. The molecule has 2 rings (SSSR count). The molecule has 0 aliphatic heterocycles. The molecule has 0 aromatic carbocycles. The maximum atomic E-state index is 5.67.